The molecule has 1 aromatic carbocycles. The largest absolute Gasteiger partial charge is 0.336 e. The van der Waals surface area contributed by atoms with Gasteiger partial charge in [-0.2, -0.15) is 0 Å². The number of para-hydroxylation sites is 1. The van der Waals surface area contributed by atoms with Crippen LogP contribution in [-0.2, 0) is 4.79 Å². The van der Waals surface area contributed by atoms with Crippen LogP contribution in [0.5, 0.6) is 0 Å². The molecule has 6 nitrogen and oxygen atoms in total. The number of aromatic nitrogens is 3. The van der Waals surface area contributed by atoms with E-state index in [9.17, 15) is 4.79 Å². The van der Waals surface area contributed by atoms with Gasteiger partial charge in [0.15, 0.2) is 5.82 Å². The van der Waals surface area contributed by atoms with Gasteiger partial charge in [0.25, 0.3) is 0 Å². The van der Waals surface area contributed by atoms with Crippen LogP contribution in [-0.4, -0.2) is 26.0 Å². The monoisotopic (exact) mass is 305 g/mol. The molecule has 2 rings (SSSR count). The molecule has 1 amide bonds. The minimum atomic E-state index is -0.322. The number of carbonyl (C=O) groups excluding carboxylic acids is 1. The maximum atomic E-state index is 12.1. The van der Waals surface area contributed by atoms with Crippen LogP contribution in [0.1, 0.15) is 32.5 Å². The number of carbonyl (C=O) groups is 1. The summed E-state index contributed by atoms with van der Waals surface area (Å²) in [7, 11) is 0. The Bertz CT molecular complexity index is 611. The average molecular weight is 305 g/mol. The molecule has 0 aliphatic heterocycles. The van der Waals surface area contributed by atoms with Gasteiger partial charge in [0.05, 0.1) is 5.25 Å². The van der Waals surface area contributed by atoms with Crippen molar-refractivity contribution in [2.24, 2.45) is 0 Å². The smallest absolute Gasteiger partial charge is 0.237 e. The summed E-state index contributed by atoms with van der Waals surface area (Å²) >= 11 is 1.29. The molecule has 0 aliphatic rings. The SMILES string of the molecule is CC(C)c1nnc(S[C@H](C)C(=O)Nc2ccccc2)n1N. The van der Waals surface area contributed by atoms with E-state index in [-0.39, 0.29) is 17.1 Å². The lowest BCUT2D eigenvalue weighted by molar-refractivity contribution is -0.115. The Morgan fingerprint density at radius 3 is 2.48 bits per heavy atom. The zero-order valence-corrected chi connectivity index (χ0v) is 13.1. The number of nitrogens with two attached hydrogens (primary N) is 1. The van der Waals surface area contributed by atoms with Crippen molar-refractivity contribution in [3.8, 4) is 0 Å². The van der Waals surface area contributed by atoms with Crippen LogP contribution in [0.15, 0.2) is 35.5 Å². The van der Waals surface area contributed by atoms with Crippen molar-refractivity contribution in [3.05, 3.63) is 36.2 Å². The van der Waals surface area contributed by atoms with Crippen LogP contribution < -0.4 is 11.2 Å². The molecule has 0 fully saturated rings. The number of hydrogen-bond acceptors (Lipinski definition) is 5. The first-order valence-electron chi connectivity index (χ1n) is 6.72. The van der Waals surface area contributed by atoms with E-state index < -0.39 is 0 Å². The quantitative estimate of drug-likeness (QED) is 0.653. The number of thioether (sulfide) groups is 1. The summed E-state index contributed by atoms with van der Waals surface area (Å²) in [5.41, 5.74) is 0.770. The first-order chi connectivity index (χ1) is 9.99. The summed E-state index contributed by atoms with van der Waals surface area (Å²) in [6.07, 6.45) is 0. The molecule has 0 aliphatic carbocycles. The van der Waals surface area contributed by atoms with Gasteiger partial charge in [-0.1, -0.05) is 43.8 Å². The lowest BCUT2D eigenvalue weighted by Gasteiger charge is -2.11. The molecule has 1 heterocycles. The van der Waals surface area contributed by atoms with Gasteiger partial charge in [-0.15, -0.1) is 10.2 Å². The molecule has 112 valence electrons. The Morgan fingerprint density at radius 1 is 1.24 bits per heavy atom. The Balaban J connectivity index is 2.01. The minimum Gasteiger partial charge on any atom is -0.336 e. The maximum absolute atomic E-state index is 12.1. The molecule has 1 aromatic heterocycles. The van der Waals surface area contributed by atoms with E-state index in [1.54, 1.807) is 0 Å². The van der Waals surface area contributed by atoms with Gasteiger partial charge in [-0.05, 0) is 19.1 Å². The number of hydrogen-bond donors (Lipinski definition) is 2. The highest BCUT2D eigenvalue weighted by molar-refractivity contribution is 8.00. The standard InChI is InChI=1S/C14H19N5OS/c1-9(2)12-17-18-14(19(12)15)21-10(3)13(20)16-11-7-5-4-6-8-11/h4-10H,15H2,1-3H3,(H,16,20)/t10-/m1/s1. The molecule has 0 saturated carbocycles. The van der Waals surface area contributed by atoms with Crippen LogP contribution >= 0.6 is 11.8 Å². The van der Waals surface area contributed by atoms with Crippen molar-refractivity contribution in [2.75, 3.05) is 11.2 Å². The van der Waals surface area contributed by atoms with Gasteiger partial charge < -0.3 is 11.2 Å². The maximum Gasteiger partial charge on any atom is 0.237 e. The van der Waals surface area contributed by atoms with Crippen LogP contribution in [0, 0.1) is 0 Å². The molecule has 3 N–H and O–H groups in total. The van der Waals surface area contributed by atoms with Crippen LogP contribution in [0.4, 0.5) is 5.69 Å². The fraction of sp³-hybridized carbons (Fsp3) is 0.357. The van der Waals surface area contributed by atoms with E-state index in [1.165, 1.54) is 16.4 Å². The van der Waals surface area contributed by atoms with E-state index in [1.807, 2.05) is 51.1 Å². The highest BCUT2D eigenvalue weighted by atomic mass is 32.2. The number of nitrogens with zero attached hydrogens (tertiary/aromatic N) is 3. The van der Waals surface area contributed by atoms with E-state index in [0.29, 0.717) is 11.0 Å². The Kier molecular flexibility index (Phi) is 4.85. The van der Waals surface area contributed by atoms with Crippen molar-refractivity contribution in [1.82, 2.24) is 14.9 Å². The molecule has 0 bridgehead atoms. The summed E-state index contributed by atoms with van der Waals surface area (Å²) in [5, 5.41) is 11.2. The fourth-order valence-electron chi connectivity index (χ4n) is 1.74. The van der Waals surface area contributed by atoms with Gasteiger partial charge >= 0.3 is 0 Å². The lowest BCUT2D eigenvalue weighted by atomic mass is 10.2. The predicted molar refractivity (Wildman–Crippen MR) is 84.7 cm³/mol. The zero-order chi connectivity index (χ0) is 15.4. The summed E-state index contributed by atoms with van der Waals surface area (Å²) < 4.78 is 1.45. The highest BCUT2D eigenvalue weighted by Gasteiger charge is 2.20. The third-order valence-electron chi connectivity index (χ3n) is 2.90. The first-order valence-corrected chi connectivity index (χ1v) is 7.60. The Hall–Kier alpha value is -2.02. The number of nitrogens with one attached hydrogen (secondary N) is 1. The fourth-order valence-corrected chi connectivity index (χ4v) is 2.52. The molecule has 2 aromatic rings. The van der Waals surface area contributed by atoms with Gasteiger partial charge in [0.2, 0.25) is 11.1 Å². The number of rotatable bonds is 5. The normalized spacial score (nSPS) is 12.4. The van der Waals surface area contributed by atoms with Crippen molar-refractivity contribution in [1.29, 1.82) is 0 Å². The van der Waals surface area contributed by atoms with E-state index in [0.717, 1.165) is 5.69 Å². The van der Waals surface area contributed by atoms with Gasteiger partial charge in [-0.25, -0.2) is 4.68 Å². The molecule has 0 radical (unpaired) electrons. The summed E-state index contributed by atoms with van der Waals surface area (Å²) in [6, 6.07) is 9.34. The van der Waals surface area contributed by atoms with Crippen LogP contribution in [0.2, 0.25) is 0 Å². The second-order valence-corrected chi connectivity index (χ2v) is 6.29. The minimum absolute atomic E-state index is 0.0969. The summed E-state index contributed by atoms with van der Waals surface area (Å²) in [4.78, 5) is 12.1. The lowest BCUT2D eigenvalue weighted by Crippen LogP contribution is -2.24. The molecule has 7 heteroatoms. The molecule has 0 saturated heterocycles. The molecular formula is C14H19N5OS. The number of anilines is 1. The zero-order valence-electron chi connectivity index (χ0n) is 12.3. The first kappa shape index (κ1) is 15.4. The van der Waals surface area contributed by atoms with Crippen molar-refractivity contribution < 1.29 is 4.79 Å². The molecule has 21 heavy (non-hydrogen) atoms. The van der Waals surface area contributed by atoms with E-state index in [4.69, 9.17) is 5.84 Å². The number of nitrogen functional groups attached to an aromatic ring is 1. The second kappa shape index (κ2) is 6.62. The second-order valence-electron chi connectivity index (χ2n) is 4.98. The molecule has 1 atom stereocenters. The van der Waals surface area contributed by atoms with Crippen molar-refractivity contribution in [3.63, 3.8) is 0 Å². The Labute approximate surface area is 128 Å². The predicted octanol–water partition coefficient (Wildman–Crippen LogP) is 2.23. The van der Waals surface area contributed by atoms with Gasteiger partial charge in [-0.3, -0.25) is 4.79 Å². The summed E-state index contributed by atoms with van der Waals surface area (Å²) in [5.74, 6) is 6.73. The highest BCUT2D eigenvalue weighted by Crippen LogP contribution is 2.23. The van der Waals surface area contributed by atoms with Gasteiger partial charge in [0, 0.05) is 11.6 Å². The average Bonchev–Trinajstić information content (AvgIpc) is 2.81. The van der Waals surface area contributed by atoms with Crippen molar-refractivity contribution >= 4 is 23.4 Å². The van der Waals surface area contributed by atoms with Crippen LogP contribution in [0.3, 0.4) is 0 Å². The van der Waals surface area contributed by atoms with E-state index in [2.05, 4.69) is 15.5 Å². The van der Waals surface area contributed by atoms with E-state index >= 15 is 0 Å². The number of benzene rings is 1. The molecule has 0 spiro atoms. The molecule has 0 unspecified atom stereocenters. The third-order valence-corrected chi connectivity index (χ3v) is 3.96. The molecular weight excluding hydrogens is 286 g/mol. The van der Waals surface area contributed by atoms with Crippen molar-refractivity contribution in [2.45, 2.75) is 37.1 Å². The Morgan fingerprint density at radius 2 is 1.90 bits per heavy atom. The summed E-state index contributed by atoms with van der Waals surface area (Å²) in [6.45, 7) is 5.80. The van der Waals surface area contributed by atoms with Gasteiger partial charge in [0.1, 0.15) is 0 Å². The number of amides is 1. The third kappa shape index (κ3) is 3.75. The van der Waals surface area contributed by atoms with Crippen LogP contribution in [0.25, 0.3) is 0 Å². The topological polar surface area (TPSA) is 85.8 Å².